The summed E-state index contributed by atoms with van der Waals surface area (Å²) < 4.78 is 17.4. The summed E-state index contributed by atoms with van der Waals surface area (Å²) in [7, 11) is 0. The largest absolute Gasteiger partial charge is 0.439 e. The van der Waals surface area contributed by atoms with Gasteiger partial charge in [-0.3, -0.25) is 10.1 Å². The van der Waals surface area contributed by atoms with Crippen molar-refractivity contribution in [3.63, 3.8) is 0 Å². The summed E-state index contributed by atoms with van der Waals surface area (Å²) in [6.45, 7) is 10.4. The Bertz CT molecular complexity index is 1030. The molecule has 2 aliphatic rings. The summed E-state index contributed by atoms with van der Waals surface area (Å²) in [5.74, 6) is 0.979. The fraction of sp³-hybridized carbons (Fsp3) is 0.538. The number of pyridine rings is 1. The van der Waals surface area contributed by atoms with Crippen molar-refractivity contribution in [1.82, 2.24) is 10.3 Å². The fourth-order valence-electron chi connectivity index (χ4n) is 4.22. The number of ether oxygens (including phenoxy) is 3. The number of rotatable bonds is 8. The highest BCUT2D eigenvalue weighted by molar-refractivity contribution is 5.97. The first kappa shape index (κ1) is 24.6. The molecule has 8 heteroatoms. The third-order valence-corrected chi connectivity index (χ3v) is 6.46. The second kappa shape index (κ2) is 9.26. The van der Waals surface area contributed by atoms with Crippen LogP contribution in [-0.2, 0) is 26.3 Å². The van der Waals surface area contributed by atoms with Crippen molar-refractivity contribution in [3.05, 3.63) is 47.7 Å². The smallest absolute Gasteiger partial charge is 0.244 e. The molecule has 3 N–H and O–H groups in total. The highest BCUT2D eigenvalue weighted by Gasteiger charge is 2.49. The molecular formula is C26H35N3O5. The van der Waals surface area contributed by atoms with Crippen LogP contribution in [0.15, 0.2) is 36.5 Å². The number of anilines is 1. The van der Waals surface area contributed by atoms with E-state index in [4.69, 9.17) is 14.2 Å². The van der Waals surface area contributed by atoms with E-state index in [-0.39, 0.29) is 11.3 Å². The number of amides is 1. The molecule has 1 aromatic heterocycles. The number of hydrogen-bond acceptors (Lipinski definition) is 7. The van der Waals surface area contributed by atoms with E-state index in [0.717, 1.165) is 25.2 Å². The molecule has 1 spiro atoms. The van der Waals surface area contributed by atoms with Crippen LogP contribution in [0.5, 0.6) is 11.6 Å². The van der Waals surface area contributed by atoms with Gasteiger partial charge in [-0.05, 0) is 64.7 Å². The van der Waals surface area contributed by atoms with Gasteiger partial charge in [0, 0.05) is 17.0 Å². The number of fused-ring (bicyclic) bond motifs is 2. The first-order chi connectivity index (χ1) is 16.0. The maximum atomic E-state index is 13.0. The van der Waals surface area contributed by atoms with Crippen molar-refractivity contribution < 1.29 is 24.1 Å². The predicted octanol–water partition coefficient (Wildman–Crippen LogP) is 4.22. The van der Waals surface area contributed by atoms with Crippen LogP contribution in [0.25, 0.3) is 0 Å². The summed E-state index contributed by atoms with van der Waals surface area (Å²) in [6, 6.07) is 9.54. The average molecular weight is 470 g/mol. The molecular weight excluding hydrogens is 434 g/mol. The van der Waals surface area contributed by atoms with Gasteiger partial charge in [0.05, 0.1) is 36.2 Å². The minimum absolute atomic E-state index is 0.0803. The standard InChI is InChI=1S/C26H35N3O5/c1-6-25(5,29-23(31)34-24(2,3)4)22(30)28-18-10-11-20(27-14-18)33-19-9-7-8-17-15-32-16-26(12-13-26)21(17)19/h7-11,14,23,29,31H,6,12-13,15-16H2,1-5H3,(H,28,30). The van der Waals surface area contributed by atoms with Crippen molar-refractivity contribution in [2.24, 2.45) is 0 Å². The lowest BCUT2D eigenvalue weighted by Crippen LogP contribution is -2.57. The third kappa shape index (κ3) is 5.41. The number of aromatic nitrogens is 1. The Morgan fingerprint density at radius 1 is 1.24 bits per heavy atom. The first-order valence-electron chi connectivity index (χ1n) is 11.8. The van der Waals surface area contributed by atoms with Gasteiger partial charge >= 0.3 is 0 Å². The minimum atomic E-state index is -1.28. The van der Waals surface area contributed by atoms with Gasteiger partial charge in [0.15, 0.2) is 0 Å². The zero-order valence-electron chi connectivity index (χ0n) is 20.6. The Labute approximate surface area is 201 Å². The van der Waals surface area contributed by atoms with Crippen molar-refractivity contribution in [1.29, 1.82) is 0 Å². The molecule has 2 aromatic rings. The van der Waals surface area contributed by atoms with E-state index >= 15 is 0 Å². The molecule has 184 valence electrons. The molecule has 1 aliphatic carbocycles. The van der Waals surface area contributed by atoms with Gasteiger partial charge in [0.25, 0.3) is 0 Å². The van der Waals surface area contributed by atoms with E-state index in [1.807, 2.05) is 39.8 Å². The van der Waals surface area contributed by atoms with Crippen molar-refractivity contribution in [2.45, 2.75) is 83.5 Å². The summed E-state index contributed by atoms with van der Waals surface area (Å²) in [5, 5.41) is 16.0. The van der Waals surface area contributed by atoms with Crippen LogP contribution in [-0.4, -0.2) is 40.2 Å². The van der Waals surface area contributed by atoms with E-state index in [1.165, 1.54) is 11.1 Å². The molecule has 8 nitrogen and oxygen atoms in total. The maximum Gasteiger partial charge on any atom is 0.244 e. The molecule has 1 saturated carbocycles. The van der Waals surface area contributed by atoms with Gasteiger partial charge in [-0.25, -0.2) is 4.98 Å². The second-order valence-corrected chi connectivity index (χ2v) is 10.4. The molecule has 4 rings (SSSR count). The summed E-state index contributed by atoms with van der Waals surface area (Å²) in [5.41, 5.74) is 1.43. The molecule has 0 radical (unpaired) electrons. The molecule has 1 aromatic carbocycles. The zero-order valence-corrected chi connectivity index (χ0v) is 20.6. The fourth-order valence-corrected chi connectivity index (χ4v) is 4.22. The molecule has 2 atom stereocenters. The molecule has 1 aliphatic heterocycles. The minimum Gasteiger partial charge on any atom is -0.439 e. The number of nitrogens with zero attached hydrogens (tertiary/aromatic N) is 1. The Morgan fingerprint density at radius 2 is 2.00 bits per heavy atom. The molecule has 0 bridgehead atoms. The van der Waals surface area contributed by atoms with Crippen LogP contribution < -0.4 is 15.4 Å². The lowest BCUT2D eigenvalue weighted by Gasteiger charge is -2.33. The number of benzene rings is 1. The lowest BCUT2D eigenvalue weighted by molar-refractivity contribution is -0.192. The molecule has 2 unspecified atom stereocenters. The van der Waals surface area contributed by atoms with Gasteiger partial charge in [0.2, 0.25) is 18.2 Å². The third-order valence-electron chi connectivity index (χ3n) is 6.46. The number of aliphatic hydroxyl groups excluding tert-OH is 1. The normalized spacial score (nSPS) is 19.1. The molecule has 0 saturated heterocycles. The van der Waals surface area contributed by atoms with E-state index in [9.17, 15) is 9.90 Å². The molecule has 34 heavy (non-hydrogen) atoms. The van der Waals surface area contributed by atoms with Crippen molar-refractivity contribution in [3.8, 4) is 11.6 Å². The Hall–Kier alpha value is -2.52. The van der Waals surface area contributed by atoms with Gasteiger partial charge in [-0.1, -0.05) is 19.1 Å². The van der Waals surface area contributed by atoms with Crippen LogP contribution in [0.4, 0.5) is 5.69 Å². The second-order valence-electron chi connectivity index (χ2n) is 10.4. The van der Waals surface area contributed by atoms with Crippen LogP contribution in [0.2, 0.25) is 0 Å². The van der Waals surface area contributed by atoms with Gasteiger partial charge < -0.3 is 24.6 Å². The number of carbonyl (C=O) groups is 1. The summed E-state index contributed by atoms with van der Waals surface area (Å²) >= 11 is 0. The number of aliphatic hydroxyl groups is 1. The van der Waals surface area contributed by atoms with Crippen LogP contribution in [0, 0.1) is 0 Å². The highest BCUT2D eigenvalue weighted by Crippen LogP contribution is 2.55. The average Bonchev–Trinajstić information content (AvgIpc) is 3.53. The van der Waals surface area contributed by atoms with Gasteiger partial charge in [0.1, 0.15) is 5.75 Å². The molecule has 1 amide bonds. The molecule has 1 fully saturated rings. The lowest BCUT2D eigenvalue weighted by atomic mass is 9.89. The highest BCUT2D eigenvalue weighted by atomic mass is 16.6. The Morgan fingerprint density at radius 3 is 2.62 bits per heavy atom. The van der Waals surface area contributed by atoms with E-state index in [1.54, 1.807) is 25.3 Å². The number of hydrogen-bond donors (Lipinski definition) is 3. The molecule has 2 heterocycles. The van der Waals surface area contributed by atoms with Crippen molar-refractivity contribution >= 4 is 11.6 Å². The van der Waals surface area contributed by atoms with Crippen LogP contribution in [0.1, 0.15) is 65.0 Å². The van der Waals surface area contributed by atoms with E-state index in [2.05, 4.69) is 21.7 Å². The van der Waals surface area contributed by atoms with Crippen LogP contribution in [0.3, 0.4) is 0 Å². The summed E-state index contributed by atoms with van der Waals surface area (Å²) in [6.07, 6.45) is 2.96. The topological polar surface area (TPSA) is 102 Å². The van der Waals surface area contributed by atoms with E-state index < -0.39 is 17.6 Å². The quantitative estimate of drug-likeness (QED) is 0.498. The Balaban J connectivity index is 1.42. The monoisotopic (exact) mass is 469 g/mol. The van der Waals surface area contributed by atoms with Gasteiger partial charge in [-0.2, -0.15) is 0 Å². The SMILES string of the molecule is CCC(C)(NC(O)OC(C)(C)C)C(=O)Nc1ccc(Oc2cccc3c2C2(CC2)COC3)nc1. The first-order valence-corrected chi connectivity index (χ1v) is 11.8. The Kier molecular flexibility index (Phi) is 6.70. The van der Waals surface area contributed by atoms with Crippen LogP contribution >= 0.6 is 0 Å². The predicted molar refractivity (Wildman–Crippen MR) is 129 cm³/mol. The number of carbonyl (C=O) groups excluding carboxylic acids is 1. The van der Waals surface area contributed by atoms with E-state index in [0.29, 0.717) is 24.6 Å². The number of nitrogens with one attached hydrogen (secondary N) is 2. The van der Waals surface area contributed by atoms with Gasteiger partial charge in [-0.15, -0.1) is 0 Å². The zero-order chi connectivity index (χ0) is 24.6. The maximum absolute atomic E-state index is 13.0. The summed E-state index contributed by atoms with van der Waals surface area (Å²) in [4.78, 5) is 17.4. The van der Waals surface area contributed by atoms with Crippen molar-refractivity contribution in [2.75, 3.05) is 11.9 Å².